The van der Waals surface area contributed by atoms with Crippen molar-refractivity contribution in [3.05, 3.63) is 0 Å². The van der Waals surface area contributed by atoms with Crippen LogP contribution < -0.4 is 5.32 Å². The Balaban J connectivity index is 3.04. The van der Waals surface area contributed by atoms with Crippen LogP contribution in [0.15, 0.2) is 0 Å². The van der Waals surface area contributed by atoms with Crippen LogP contribution in [-0.4, -0.2) is 42.9 Å². The van der Waals surface area contributed by atoms with Gasteiger partial charge in [0.25, 0.3) is 10.0 Å². The minimum absolute atomic E-state index is 0.193. The van der Waals surface area contributed by atoms with Gasteiger partial charge in [0.05, 0.1) is 6.54 Å². The Bertz CT molecular complexity index is 394. The molecule has 0 spiro atoms. The summed E-state index contributed by atoms with van der Waals surface area (Å²) in [5.41, 5.74) is 0. The molecular weight excluding hydrogens is 234 g/mol. The molecule has 0 saturated carbocycles. The van der Waals surface area contributed by atoms with E-state index >= 15 is 0 Å². The lowest BCUT2D eigenvalue weighted by molar-refractivity contribution is -0.136. The zero-order chi connectivity index (χ0) is 11.8. The first-order chi connectivity index (χ1) is 6.76. The van der Waals surface area contributed by atoms with Crippen LogP contribution in [0.25, 0.3) is 0 Å². The summed E-state index contributed by atoms with van der Waals surface area (Å²) in [6.07, 6.45) is 0. The van der Waals surface area contributed by atoms with Gasteiger partial charge in [-0.2, -0.15) is 13.1 Å². The third-order valence-electron chi connectivity index (χ3n) is 1.93. The molecule has 1 rings (SSSR count). The lowest BCUT2D eigenvalue weighted by Gasteiger charge is -2.29. The molecule has 1 aliphatic heterocycles. The molecule has 0 aromatic rings. The van der Waals surface area contributed by atoms with Crippen molar-refractivity contribution in [3.63, 3.8) is 0 Å². The zero-order valence-electron chi connectivity index (χ0n) is 7.61. The minimum atomic E-state index is -4.90. The number of sulfonamides is 1. The monoisotopic (exact) mass is 242 g/mol. The van der Waals surface area contributed by atoms with Gasteiger partial charge in [-0.3, -0.25) is 14.9 Å². The molecule has 6 nitrogen and oxygen atoms in total. The molecule has 0 aliphatic carbocycles. The Labute approximate surface area is 84.3 Å². The molecule has 0 aromatic heterocycles. The summed E-state index contributed by atoms with van der Waals surface area (Å²) < 4.78 is 46.6. The quantitative estimate of drug-likeness (QED) is 0.622. The Morgan fingerprint density at radius 2 is 2.00 bits per heavy atom. The number of amides is 2. The normalized spacial score (nSPS) is 24.4. The summed E-state index contributed by atoms with van der Waals surface area (Å²) >= 11 is 0. The number of carbonyl (C=O) groups is 2. The van der Waals surface area contributed by atoms with Gasteiger partial charge in [-0.25, -0.2) is 8.42 Å². The topological polar surface area (TPSA) is 83.6 Å². The van der Waals surface area contributed by atoms with Crippen LogP contribution in [0.1, 0.15) is 6.92 Å². The van der Waals surface area contributed by atoms with Gasteiger partial charge in [0.15, 0.2) is 0 Å². The predicted molar refractivity (Wildman–Crippen MR) is 44.2 cm³/mol. The molecule has 0 radical (unpaired) electrons. The Kier molecular flexibility index (Phi) is 3.05. The van der Waals surface area contributed by atoms with Crippen molar-refractivity contribution in [1.29, 1.82) is 0 Å². The summed E-state index contributed by atoms with van der Waals surface area (Å²) in [5, 5.41) is 1.84. The highest BCUT2D eigenvalue weighted by Gasteiger charge is 2.42. The van der Waals surface area contributed by atoms with Crippen LogP contribution in [0.3, 0.4) is 0 Å². The maximum absolute atomic E-state index is 12.2. The number of imide groups is 1. The summed E-state index contributed by atoms with van der Waals surface area (Å²) in [7, 11) is -4.90. The number of carbonyl (C=O) groups excluding carboxylic acids is 2. The van der Waals surface area contributed by atoms with E-state index in [-0.39, 0.29) is 4.31 Å². The molecular formula is C6H8F2N2O4S. The molecule has 1 N–H and O–H groups in total. The summed E-state index contributed by atoms with van der Waals surface area (Å²) in [6, 6.07) is -1.30. The van der Waals surface area contributed by atoms with Crippen LogP contribution in [0, 0.1) is 0 Å². The first-order valence-corrected chi connectivity index (χ1v) is 5.39. The first-order valence-electron chi connectivity index (χ1n) is 3.89. The van der Waals surface area contributed by atoms with Gasteiger partial charge in [-0.15, -0.1) is 0 Å². The highest BCUT2D eigenvalue weighted by atomic mass is 32.2. The fourth-order valence-electron chi connectivity index (χ4n) is 1.10. The molecule has 1 atom stereocenters. The van der Waals surface area contributed by atoms with Crippen LogP contribution in [0.5, 0.6) is 0 Å². The highest BCUT2D eigenvalue weighted by Crippen LogP contribution is 2.17. The standard InChI is InChI=1S/C6H8F2N2O4S/c1-3-5(12)9-4(11)2-10(3)15(13,14)6(7)8/h3,6H,2H2,1H3,(H,9,11,12). The lowest BCUT2D eigenvalue weighted by Crippen LogP contribution is -2.59. The van der Waals surface area contributed by atoms with Crippen molar-refractivity contribution < 1.29 is 26.8 Å². The highest BCUT2D eigenvalue weighted by molar-refractivity contribution is 7.89. The smallest absolute Gasteiger partial charge is 0.294 e. The third kappa shape index (κ3) is 2.12. The molecule has 1 heterocycles. The molecule has 0 aromatic carbocycles. The van der Waals surface area contributed by atoms with Gasteiger partial charge < -0.3 is 0 Å². The number of hydrogen-bond acceptors (Lipinski definition) is 4. The van der Waals surface area contributed by atoms with Crippen molar-refractivity contribution in [2.45, 2.75) is 18.7 Å². The van der Waals surface area contributed by atoms with E-state index in [0.29, 0.717) is 0 Å². The van der Waals surface area contributed by atoms with Gasteiger partial charge in [0, 0.05) is 0 Å². The lowest BCUT2D eigenvalue weighted by atomic mass is 10.2. The van der Waals surface area contributed by atoms with E-state index in [2.05, 4.69) is 0 Å². The van der Waals surface area contributed by atoms with Crippen LogP contribution in [0.2, 0.25) is 0 Å². The van der Waals surface area contributed by atoms with E-state index < -0.39 is 40.2 Å². The van der Waals surface area contributed by atoms with E-state index in [1.54, 1.807) is 0 Å². The van der Waals surface area contributed by atoms with E-state index in [0.717, 1.165) is 6.92 Å². The van der Waals surface area contributed by atoms with E-state index in [1.807, 2.05) is 5.32 Å². The molecule has 15 heavy (non-hydrogen) atoms. The van der Waals surface area contributed by atoms with Gasteiger partial charge in [0.2, 0.25) is 11.8 Å². The maximum atomic E-state index is 12.2. The predicted octanol–water partition coefficient (Wildman–Crippen LogP) is -1.11. The first kappa shape index (κ1) is 12.0. The van der Waals surface area contributed by atoms with Gasteiger partial charge in [-0.05, 0) is 6.92 Å². The molecule has 1 unspecified atom stereocenters. The molecule has 2 amide bonds. The van der Waals surface area contributed by atoms with Crippen LogP contribution in [0.4, 0.5) is 8.78 Å². The second-order valence-corrected chi connectivity index (χ2v) is 4.79. The van der Waals surface area contributed by atoms with E-state index in [1.165, 1.54) is 0 Å². The summed E-state index contributed by atoms with van der Waals surface area (Å²) in [4.78, 5) is 21.8. The van der Waals surface area contributed by atoms with E-state index in [9.17, 15) is 26.8 Å². The van der Waals surface area contributed by atoms with Crippen molar-refractivity contribution in [2.24, 2.45) is 0 Å². The van der Waals surface area contributed by atoms with Crippen LogP contribution >= 0.6 is 0 Å². The summed E-state index contributed by atoms with van der Waals surface area (Å²) in [5.74, 6) is -5.46. The van der Waals surface area contributed by atoms with Crippen molar-refractivity contribution in [2.75, 3.05) is 6.54 Å². The molecule has 1 aliphatic rings. The van der Waals surface area contributed by atoms with Gasteiger partial charge in [-0.1, -0.05) is 0 Å². The number of piperazine rings is 1. The number of alkyl halides is 2. The average Bonchev–Trinajstić information content (AvgIpc) is 2.10. The Morgan fingerprint density at radius 3 is 2.47 bits per heavy atom. The number of rotatable bonds is 2. The van der Waals surface area contributed by atoms with Crippen molar-refractivity contribution >= 4 is 21.8 Å². The Hall–Kier alpha value is -1.09. The SMILES string of the molecule is CC1C(=O)NC(=O)CN1S(=O)(=O)C(F)F. The second kappa shape index (κ2) is 3.81. The fraction of sp³-hybridized carbons (Fsp3) is 0.667. The van der Waals surface area contributed by atoms with Crippen molar-refractivity contribution in [1.82, 2.24) is 9.62 Å². The molecule has 9 heteroatoms. The van der Waals surface area contributed by atoms with Gasteiger partial charge >= 0.3 is 5.76 Å². The molecule has 1 fully saturated rings. The zero-order valence-corrected chi connectivity index (χ0v) is 8.42. The third-order valence-corrected chi connectivity index (χ3v) is 3.47. The minimum Gasteiger partial charge on any atom is -0.294 e. The maximum Gasteiger partial charge on any atom is 0.350 e. The summed E-state index contributed by atoms with van der Waals surface area (Å²) in [6.45, 7) is 0.362. The average molecular weight is 242 g/mol. The number of nitrogens with zero attached hydrogens (tertiary/aromatic N) is 1. The molecule has 1 saturated heterocycles. The van der Waals surface area contributed by atoms with Gasteiger partial charge in [0.1, 0.15) is 6.04 Å². The second-order valence-electron chi connectivity index (χ2n) is 2.94. The fourth-order valence-corrected chi connectivity index (χ4v) is 2.14. The number of nitrogens with one attached hydrogen (secondary N) is 1. The number of hydrogen-bond donors (Lipinski definition) is 1. The van der Waals surface area contributed by atoms with E-state index in [4.69, 9.17) is 0 Å². The molecule has 0 bridgehead atoms. The Morgan fingerprint density at radius 1 is 1.47 bits per heavy atom. The largest absolute Gasteiger partial charge is 0.350 e. The molecule has 86 valence electrons. The number of halogens is 2. The van der Waals surface area contributed by atoms with Crippen molar-refractivity contribution in [3.8, 4) is 0 Å². The van der Waals surface area contributed by atoms with Crippen LogP contribution in [-0.2, 0) is 19.6 Å².